The number of amides is 8. The van der Waals surface area contributed by atoms with E-state index in [4.69, 9.17) is 0 Å². The topological polar surface area (TPSA) is 150 Å². The van der Waals surface area contributed by atoms with E-state index >= 15 is 0 Å². The van der Waals surface area contributed by atoms with Crippen LogP contribution >= 0.6 is 0 Å². The van der Waals surface area contributed by atoms with Crippen molar-refractivity contribution in [1.82, 2.24) is 19.6 Å². The number of carbonyl (C=O) groups excluding carboxylic acids is 8. The maximum atomic E-state index is 14.9. The largest absolute Gasteiger partial charge is 0.273 e. The lowest BCUT2D eigenvalue weighted by atomic mass is 9.81. The third kappa shape index (κ3) is 6.41. The minimum atomic E-state index is -0.683. The van der Waals surface area contributed by atoms with Crippen molar-refractivity contribution in [2.75, 3.05) is 13.1 Å². The Bertz CT molecular complexity index is 4930. The van der Waals surface area contributed by atoms with Gasteiger partial charge in [-0.3, -0.25) is 58.0 Å². The Morgan fingerprint density at radius 1 is 0.205 bits per heavy atom. The van der Waals surface area contributed by atoms with Crippen molar-refractivity contribution in [1.29, 1.82) is 0 Å². The minimum absolute atomic E-state index is 0.275. The van der Waals surface area contributed by atoms with Crippen molar-refractivity contribution in [3.8, 4) is 0 Å². The highest BCUT2D eigenvalue weighted by molar-refractivity contribution is 6.43. The molecular formula is C76H42N4O8. The van der Waals surface area contributed by atoms with Crippen molar-refractivity contribution >= 4 is 133 Å². The molecule has 0 saturated carbocycles. The quantitative estimate of drug-likeness (QED) is 0.0788. The van der Waals surface area contributed by atoms with Gasteiger partial charge in [0.25, 0.3) is 47.3 Å². The summed E-state index contributed by atoms with van der Waals surface area (Å²) in [5.74, 6) is -3.95. The Labute approximate surface area is 499 Å². The van der Waals surface area contributed by atoms with Crippen LogP contribution in [-0.4, -0.2) is 79.9 Å². The van der Waals surface area contributed by atoms with Crippen LogP contribution in [0, 0.1) is 0 Å². The van der Waals surface area contributed by atoms with Gasteiger partial charge in [0.05, 0.1) is 12.1 Å². The standard InChI is InChI=1S/C76H42N4O8/c81-69-51-29-21-43-47-25-33-55-65-56(74(86)79(73(55)85)67(39-13-5-1-6-14-39)40-15-7-2-8-16-40)34-26-48(61(47)65)44-22-30-52(63(51)59(43)44)70(82)77(69)37-38-78-71(83)53-31-23-45-49-27-35-57-66-58(36-28-50(62(49)66)46-24-32-54(72(78)84)64(53)60(45)46)76(88)80(75(57)87)68(41-17-9-3-10-18-41)42-19-11-4-12-20-42/h1-36,67-68H,37-38H2. The van der Waals surface area contributed by atoms with E-state index in [1.54, 1.807) is 48.5 Å². The van der Waals surface area contributed by atoms with Crippen LogP contribution in [0.15, 0.2) is 218 Å². The van der Waals surface area contributed by atoms with Crippen molar-refractivity contribution in [3.63, 3.8) is 0 Å². The van der Waals surface area contributed by atoms with Gasteiger partial charge in [-0.25, -0.2) is 0 Å². The summed E-state index contributed by atoms with van der Waals surface area (Å²) in [7, 11) is 0. The molecule has 8 amide bonds. The van der Waals surface area contributed by atoms with Gasteiger partial charge in [-0.2, -0.15) is 0 Å². The number of hydrogen-bond acceptors (Lipinski definition) is 8. The Kier molecular flexibility index (Phi) is 10.1. The normalized spacial score (nSPS) is 15.0. The van der Waals surface area contributed by atoms with Crippen LogP contribution < -0.4 is 0 Å². The van der Waals surface area contributed by atoms with Gasteiger partial charge in [-0.1, -0.05) is 170 Å². The van der Waals surface area contributed by atoms with Gasteiger partial charge in [0.2, 0.25) is 0 Å². The molecule has 12 heteroatoms. The molecule has 414 valence electrons. The Balaban J connectivity index is 0.671. The van der Waals surface area contributed by atoms with Crippen molar-refractivity contribution in [2.24, 2.45) is 0 Å². The number of benzene rings is 14. The molecule has 0 fully saturated rings. The van der Waals surface area contributed by atoms with E-state index in [9.17, 15) is 38.4 Å². The molecule has 4 aliphatic heterocycles. The highest BCUT2D eigenvalue weighted by Crippen LogP contribution is 2.50. The first-order valence-electron chi connectivity index (χ1n) is 29.2. The van der Waals surface area contributed by atoms with E-state index in [1.807, 2.05) is 170 Å². The van der Waals surface area contributed by atoms with Gasteiger partial charge < -0.3 is 0 Å². The van der Waals surface area contributed by atoms with E-state index in [0.29, 0.717) is 54.6 Å². The summed E-state index contributed by atoms with van der Waals surface area (Å²) in [5, 5.41) is 10.9. The van der Waals surface area contributed by atoms with Crippen LogP contribution in [0.1, 0.15) is 117 Å². The number of nitrogens with zero attached hydrogens (tertiary/aromatic N) is 4. The minimum Gasteiger partial charge on any atom is -0.273 e. The summed E-state index contributed by atoms with van der Waals surface area (Å²) >= 11 is 0. The first-order chi connectivity index (χ1) is 43.1. The van der Waals surface area contributed by atoms with Crippen molar-refractivity contribution in [3.05, 3.63) is 285 Å². The van der Waals surface area contributed by atoms with Crippen LogP contribution in [0.5, 0.6) is 0 Å². The predicted octanol–water partition coefficient (Wildman–Crippen LogP) is 14.5. The average Bonchev–Trinajstić information content (AvgIpc) is 0.707. The van der Waals surface area contributed by atoms with Crippen LogP contribution in [0.4, 0.5) is 0 Å². The SMILES string of the molecule is O=C1c2ccc3c4ccc5c6c(ccc(c7ccc(c2c37)C(=O)N1CCN1C(=O)c2ccc3c7ccc8c9c(ccc(c%10ccc(c2c3%10)C1=O)c97)C(=O)N(C(c1ccccc1)c1ccccc1)C8=O)c64)C(=O)N(C(c1ccccc1)c1ccccc1)C5=O. The van der Waals surface area contributed by atoms with Crippen LogP contribution in [-0.2, 0) is 0 Å². The second kappa shape index (κ2) is 17.9. The second-order valence-corrected chi connectivity index (χ2v) is 23.2. The predicted molar refractivity (Wildman–Crippen MR) is 336 cm³/mol. The van der Waals surface area contributed by atoms with Crippen molar-refractivity contribution in [2.45, 2.75) is 12.1 Å². The summed E-state index contributed by atoms with van der Waals surface area (Å²) in [6.45, 7) is -0.550. The fourth-order valence-corrected chi connectivity index (χ4v) is 15.3. The van der Waals surface area contributed by atoms with E-state index < -0.39 is 59.3 Å². The molecule has 88 heavy (non-hydrogen) atoms. The first-order valence-corrected chi connectivity index (χ1v) is 29.2. The smallest absolute Gasteiger partial charge is 0.262 e. The van der Waals surface area contributed by atoms with Crippen LogP contribution in [0.25, 0.3) is 86.2 Å². The second-order valence-electron chi connectivity index (χ2n) is 23.2. The summed E-state index contributed by atoms with van der Waals surface area (Å²) < 4.78 is 0. The molecule has 18 rings (SSSR count). The first kappa shape index (κ1) is 49.6. The zero-order valence-corrected chi connectivity index (χ0v) is 46.4. The molecule has 14 aromatic rings. The lowest BCUT2D eigenvalue weighted by Gasteiger charge is -2.35. The zero-order valence-electron chi connectivity index (χ0n) is 46.4. The highest BCUT2D eigenvalue weighted by Gasteiger charge is 2.44. The van der Waals surface area contributed by atoms with Gasteiger partial charge >= 0.3 is 0 Å². The molecule has 0 N–H and O–H groups in total. The Morgan fingerprint density at radius 3 is 0.580 bits per heavy atom. The van der Waals surface area contributed by atoms with E-state index in [1.165, 1.54) is 9.80 Å². The number of imide groups is 4. The fraction of sp³-hybridized carbons (Fsp3) is 0.0526. The van der Waals surface area contributed by atoms with E-state index in [-0.39, 0.29) is 35.3 Å². The third-order valence-electron chi connectivity index (χ3n) is 19.0. The summed E-state index contributed by atoms with van der Waals surface area (Å²) in [5.41, 5.74) is 5.91. The molecule has 14 aromatic carbocycles. The molecule has 0 bridgehead atoms. The van der Waals surface area contributed by atoms with Crippen LogP contribution in [0.3, 0.4) is 0 Å². The number of carbonyl (C=O) groups is 8. The lowest BCUT2D eigenvalue weighted by Crippen LogP contribution is -2.48. The van der Waals surface area contributed by atoms with Crippen molar-refractivity contribution < 1.29 is 38.4 Å². The molecule has 0 atom stereocenters. The van der Waals surface area contributed by atoms with Gasteiger partial charge in [-0.15, -0.1) is 0 Å². The number of rotatable bonds is 9. The maximum absolute atomic E-state index is 14.9. The molecule has 0 radical (unpaired) electrons. The molecule has 12 nitrogen and oxygen atoms in total. The zero-order chi connectivity index (χ0) is 59.1. The molecule has 0 unspecified atom stereocenters. The average molecular weight is 1140 g/mol. The van der Waals surface area contributed by atoms with Gasteiger partial charge in [0.15, 0.2) is 0 Å². The molecule has 4 heterocycles. The molecule has 4 aliphatic rings. The lowest BCUT2D eigenvalue weighted by molar-refractivity contribution is 0.0514. The molecule has 0 aromatic heterocycles. The summed E-state index contributed by atoms with van der Waals surface area (Å²) in [4.78, 5) is 124. The van der Waals surface area contributed by atoms with Crippen LogP contribution in [0.2, 0.25) is 0 Å². The number of hydrogen-bond donors (Lipinski definition) is 0. The molecular weight excluding hydrogens is 1100 g/mol. The molecule has 0 spiro atoms. The molecule has 0 saturated heterocycles. The van der Waals surface area contributed by atoms with E-state index in [0.717, 1.165) is 85.9 Å². The van der Waals surface area contributed by atoms with Gasteiger partial charge in [0.1, 0.15) is 0 Å². The summed E-state index contributed by atoms with van der Waals surface area (Å²) in [6.07, 6.45) is 0. The summed E-state index contributed by atoms with van der Waals surface area (Å²) in [6, 6.07) is 65.6. The Hall–Kier alpha value is -11.8. The monoisotopic (exact) mass is 1140 g/mol. The van der Waals surface area contributed by atoms with Gasteiger partial charge in [0, 0.05) is 79.1 Å². The highest BCUT2D eigenvalue weighted by atomic mass is 16.2. The van der Waals surface area contributed by atoms with Gasteiger partial charge in [-0.05, 0) is 135 Å². The molecule has 0 aliphatic carbocycles. The fourth-order valence-electron chi connectivity index (χ4n) is 15.3. The van der Waals surface area contributed by atoms with E-state index in [2.05, 4.69) is 0 Å². The maximum Gasteiger partial charge on any atom is 0.262 e. The Morgan fingerprint density at radius 2 is 0.386 bits per heavy atom. The number of fused-ring (bicyclic) bond motifs is 4. The third-order valence-corrected chi connectivity index (χ3v) is 19.0.